The first-order valence-electron chi connectivity index (χ1n) is 24.3. The molecule has 8 nitrogen and oxygen atoms in total. The third-order valence-corrected chi connectivity index (χ3v) is 17.2. The lowest BCUT2D eigenvalue weighted by Crippen LogP contribution is -2.46. The van der Waals surface area contributed by atoms with E-state index in [1.165, 1.54) is 73.0 Å². The summed E-state index contributed by atoms with van der Waals surface area (Å²) in [6, 6.07) is 4.51. The Bertz CT molecular complexity index is 1880. The first-order valence-corrected chi connectivity index (χ1v) is 25.9. The highest BCUT2D eigenvalue weighted by Gasteiger charge is 2.38. The van der Waals surface area contributed by atoms with Crippen molar-refractivity contribution in [3.63, 3.8) is 0 Å². The van der Waals surface area contributed by atoms with Crippen LogP contribution in [0.5, 0.6) is 0 Å². The molecule has 0 radical (unpaired) electrons. The predicted octanol–water partition coefficient (Wildman–Crippen LogP) is 13.9. The summed E-state index contributed by atoms with van der Waals surface area (Å²) in [6.45, 7) is 4.56. The van der Waals surface area contributed by atoms with Crippen LogP contribution in [0.1, 0.15) is 210 Å². The molecule has 2 aromatic heterocycles. The number of thiophene rings is 2. The van der Waals surface area contributed by atoms with Gasteiger partial charge in [-0.3, -0.25) is 9.59 Å². The lowest BCUT2D eigenvalue weighted by Gasteiger charge is -2.38. The van der Waals surface area contributed by atoms with E-state index in [1.54, 1.807) is 0 Å². The van der Waals surface area contributed by atoms with Gasteiger partial charge < -0.3 is 19.6 Å². The molecule has 2 heterocycles. The van der Waals surface area contributed by atoms with Crippen molar-refractivity contribution in [3.8, 4) is 0 Å². The smallest absolute Gasteiger partial charge is 0.350 e. The van der Waals surface area contributed by atoms with E-state index in [4.69, 9.17) is 4.74 Å². The van der Waals surface area contributed by atoms with Crippen LogP contribution in [0.25, 0.3) is 11.1 Å². The van der Waals surface area contributed by atoms with Crippen LogP contribution in [0, 0.1) is 23.7 Å². The van der Waals surface area contributed by atoms with Gasteiger partial charge in [-0.1, -0.05) is 64.5 Å². The molecule has 4 fully saturated rings. The van der Waals surface area contributed by atoms with Crippen molar-refractivity contribution in [1.82, 2.24) is 0 Å². The van der Waals surface area contributed by atoms with Gasteiger partial charge in [-0.25, -0.2) is 9.59 Å². The normalized spacial score (nSPS) is 25.3. The third kappa shape index (κ3) is 11.3. The van der Waals surface area contributed by atoms with Crippen molar-refractivity contribution in [1.29, 1.82) is 0 Å². The van der Waals surface area contributed by atoms with E-state index in [2.05, 4.69) is 37.0 Å². The molecule has 0 aliphatic heterocycles. The van der Waals surface area contributed by atoms with Gasteiger partial charge in [-0.2, -0.15) is 0 Å². The number of ether oxygens (including phenoxy) is 1. The zero-order valence-corrected chi connectivity index (χ0v) is 39.0. The summed E-state index contributed by atoms with van der Waals surface area (Å²) in [6.07, 6.45) is 32.9. The average Bonchev–Trinajstić information content (AvgIpc) is 3.95. The van der Waals surface area contributed by atoms with E-state index in [1.807, 2.05) is 11.0 Å². The van der Waals surface area contributed by atoms with E-state index in [9.17, 15) is 24.3 Å². The van der Waals surface area contributed by atoms with Crippen LogP contribution in [0.2, 0.25) is 0 Å². The van der Waals surface area contributed by atoms with E-state index >= 15 is 0 Å². The van der Waals surface area contributed by atoms with Gasteiger partial charge in [-0.05, 0) is 164 Å². The number of esters is 1. The van der Waals surface area contributed by atoms with Crippen LogP contribution in [0.3, 0.4) is 0 Å². The van der Waals surface area contributed by atoms with Gasteiger partial charge in [0, 0.05) is 33.7 Å². The van der Waals surface area contributed by atoms with Crippen LogP contribution in [0.15, 0.2) is 24.3 Å². The Morgan fingerprint density at radius 1 is 0.557 bits per heavy atom. The number of allylic oxidation sites excluding steroid dienone is 4. The van der Waals surface area contributed by atoms with Gasteiger partial charge in [0.05, 0.1) is 18.5 Å². The fourth-order valence-corrected chi connectivity index (χ4v) is 13.2. The number of carboxylic acids is 1. The van der Waals surface area contributed by atoms with Crippen molar-refractivity contribution in [2.75, 3.05) is 16.9 Å². The minimum absolute atomic E-state index is 0.0435. The highest BCUT2D eigenvalue weighted by molar-refractivity contribution is 7.16. The van der Waals surface area contributed by atoms with E-state index in [0.29, 0.717) is 27.3 Å². The summed E-state index contributed by atoms with van der Waals surface area (Å²) in [5.41, 5.74) is 4.08. The van der Waals surface area contributed by atoms with Gasteiger partial charge in [0.15, 0.2) is 0 Å². The van der Waals surface area contributed by atoms with Crippen LogP contribution < -0.4 is 9.80 Å². The predicted molar refractivity (Wildman–Crippen MR) is 251 cm³/mol. The molecule has 0 aromatic carbocycles. The Hall–Kier alpha value is -3.24. The summed E-state index contributed by atoms with van der Waals surface area (Å²) in [5.74, 6) is 0.741. The second-order valence-electron chi connectivity index (χ2n) is 19.3. The maximum absolute atomic E-state index is 13.9. The largest absolute Gasteiger partial charge is 0.477 e. The van der Waals surface area contributed by atoms with Crippen molar-refractivity contribution >= 4 is 68.9 Å². The third-order valence-electron chi connectivity index (χ3n) is 14.8. The lowest BCUT2D eigenvalue weighted by molar-refractivity contribution is -0.125. The molecule has 334 valence electrons. The number of hydrogen-bond donors (Lipinski definition) is 1. The number of anilines is 2. The Morgan fingerprint density at radius 3 is 1.34 bits per heavy atom. The number of aromatic carboxylic acids is 1. The van der Waals surface area contributed by atoms with E-state index in [-0.39, 0.29) is 41.7 Å². The fraction of sp³-hybridized carbons (Fsp3) is 0.686. The number of nitrogens with zero attached hydrogens (tertiary/aromatic N) is 2. The Kier molecular flexibility index (Phi) is 16.4. The standard InChI is InChI=1S/C26H37NO3S.C25H35NO3S/c1-18-13-15-20(16-14-18)25(28)27(21-11-7-4-8-12-21)22-17-23(19-9-5-3-6-10-19)31-24(22)26(29)30-2;1-17-12-14-19(15-13-17)24(27)26(20-10-6-3-7-11-20)21-16-22(30-23(21)25(28)29)18-8-4-2-5-9-18/h9,17-18,20-21H,3-8,10-16H2,1-2H3;8,16-17,19-20H,2-7,9-15H2,1H3,(H,28,29). The number of hydrogen-bond acceptors (Lipinski definition) is 7. The second kappa shape index (κ2) is 21.9. The molecule has 10 heteroatoms. The summed E-state index contributed by atoms with van der Waals surface area (Å²) >= 11 is 2.89. The molecule has 2 aromatic rings. The van der Waals surface area contributed by atoms with Crippen molar-refractivity contribution in [3.05, 3.63) is 43.8 Å². The van der Waals surface area contributed by atoms with Crippen LogP contribution >= 0.6 is 22.7 Å². The molecule has 61 heavy (non-hydrogen) atoms. The SMILES string of the molecule is CC1CCC(C(=O)N(c2cc(C3=CCCCC3)sc2C(=O)O)C2CCCCC2)CC1.COC(=O)c1sc(C2=CCCCC2)cc1N(C(=O)C1CCC(C)CC1)C1CCCCC1. The van der Waals surface area contributed by atoms with Gasteiger partial charge in [-0.15, -0.1) is 22.7 Å². The molecule has 0 saturated heterocycles. The maximum Gasteiger partial charge on any atom is 0.350 e. The van der Waals surface area contributed by atoms with Crippen molar-refractivity contribution < 1.29 is 29.0 Å². The molecule has 8 rings (SSSR count). The minimum Gasteiger partial charge on any atom is -0.477 e. The summed E-state index contributed by atoms with van der Waals surface area (Å²) in [7, 11) is 1.45. The molecular weight excluding hydrogens is 801 g/mol. The van der Waals surface area contributed by atoms with E-state index in [0.717, 1.165) is 150 Å². The monoisotopic (exact) mass is 872 g/mol. The zero-order chi connectivity index (χ0) is 42.9. The first kappa shape index (κ1) is 45.8. The minimum atomic E-state index is -0.900. The summed E-state index contributed by atoms with van der Waals surface area (Å²) < 4.78 is 5.17. The fourth-order valence-electron chi connectivity index (χ4n) is 11.0. The van der Waals surface area contributed by atoms with Crippen LogP contribution in [-0.2, 0) is 14.3 Å². The maximum atomic E-state index is 13.9. The second-order valence-corrected chi connectivity index (χ2v) is 21.4. The van der Waals surface area contributed by atoms with Crippen molar-refractivity contribution in [2.24, 2.45) is 23.7 Å². The number of amides is 2. The molecule has 1 N–H and O–H groups in total. The Labute approximate surface area is 373 Å². The van der Waals surface area contributed by atoms with Gasteiger partial charge in [0.1, 0.15) is 9.75 Å². The molecule has 2 amide bonds. The molecule has 6 aliphatic carbocycles. The van der Waals surface area contributed by atoms with Crippen LogP contribution in [-0.4, -0.2) is 48.1 Å². The first-order chi connectivity index (χ1) is 29.6. The summed E-state index contributed by atoms with van der Waals surface area (Å²) in [4.78, 5) is 59.8. The summed E-state index contributed by atoms with van der Waals surface area (Å²) in [5, 5.41) is 10.0. The molecule has 0 spiro atoms. The molecular formula is C51H72N2O6S2. The highest BCUT2D eigenvalue weighted by Crippen LogP contribution is 2.44. The molecule has 6 aliphatic rings. The molecule has 0 unspecified atom stereocenters. The van der Waals surface area contributed by atoms with E-state index < -0.39 is 5.97 Å². The highest BCUT2D eigenvalue weighted by atomic mass is 32.1. The number of carbonyl (C=O) groups is 4. The molecule has 0 atom stereocenters. The van der Waals surface area contributed by atoms with Gasteiger partial charge in [0.25, 0.3) is 0 Å². The number of methoxy groups -OCH3 is 1. The van der Waals surface area contributed by atoms with Crippen molar-refractivity contribution in [2.45, 2.75) is 193 Å². The van der Waals surface area contributed by atoms with Gasteiger partial charge >= 0.3 is 11.9 Å². The van der Waals surface area contributed by atoms with Crippen LogP contribution in [0.4, 0.5) is 11.4 Å². The zero-order valence-electron chi connectivity index (χ0n) is 37.4. The topological polar surface area (TPSA) is 104 Å². The molecule has 4 saturated carbocycles. The number of carboxylic acid groups (broad SMARTS) is 1. The Balaban J connectivity index is 0.000000184. The number of carbonyl (C=O) groups excluding carboxylic acids is 3. The van der Waals surface area contributed by atoms with Gasteiger partial charge in [0.2, 0.25) is 11.8 Å². The molecule has 0 bridgehead atoms. The quantitative estimate of drug-likeness (QED) is 0.238. The lowest BCUT2D eigenvalue weighted by atomic mass is 9.81. The number of rotatable bonds is 10. The Morgan fingerprint density at radius 2 is 0.967 bits per heavy atom. The average molecular weight is 873 g/mol.